The molecule has 1 fully saturated rings. The molecule has 1 aliphatic rings. The van der Waals surface area contributed by atoms with Gasteiger partial charge in [0.05, 0.1) is 5.75 Å². The number of hydrogen-bond donors (Lipinski definition) is 2. The van der Waals surface area contributed by atoms with Crippen LogP contribution in [0.25, 0.3) is 0 Å². The van der Waals surface area contributed by atoms with E-state index in [2.05, 4.69) is 10.2 Å². The first kappa shape index (κ1) is 15.6. The van der Waals surface area contributed by atoms with Gasteiger partial charge in [0.25, 0.3) is 0 Å². The minimum absolute atomic E-state index is 0.0944. The van der Waals surface area contributed by atoms with Crippen LogP contribution in [0, 0.1) is 0 Å². The molecule has 0 spiro atoms. The molecule has 0 atom stereocenters. The Morgan fingerprint density at radius 3 is 2.62 bits per heavy atom. The molecular weight excluding hydrogens is 294 g/mol. The van der Waals surface area contributed by atoms with E-state index < -0.39 is 5.97 Å². The first-order valence-corrected chi connectivity index (χ1v) is 7.87. The first-order valence-electron chi connectivity index (χ1n) is 6.89. The summed E-state index contributed by atoms with van der Waals surface area (Å²) in [6.45, 7) is 2.00. The lowest BCUT2D eigenvalue weighted by Crippen LogP contribution is -2.36. The molecule has 0 radical (unpaired) electrons. The molecule has 116 valence electrons. The maximum absolute atomic E-state index is 12.1. The van der Waals surface area contributed by atoms with Gasteiger partial charge in [-0.3, -0.25) is 14.2 Å². The number of carbonyl (C=O) groups is 2. The molecular formula is C12H19N5O3S. The summed E-state index contributed by atoms with van der Waals surface area (Å²) in [4.78, 5) is 24.6. The zero-order valence-electron chi connectivity index (χ0n) is 11.7. The maximum atomic E-state index is 12.1. The number of aromatic nitrogens is 3. The van der Waals surface area contributed by atoms with Crippen molar-refractivity contribution in [3.8, 4) is 0 Å². The zero-order chi connectivity index (χ0) is 15.2. The fourth-order valence-corrected chi connectivity index (χ4v) is 2.94. The largest absolute Gasteiger partial charge is 0.481 e. The van der Waals surface area contributed by atoms with Gasteiger partial charge in [0.1, 0.15) is 0 Å². The van der Waals surface area contributed by atoms with Crippen LogP contribution in [0.3, 0.4) is 0 Å². The minimum Gasteiger partial charge on any atom is -0.481 e. The van der Waals surface area contributed by atoms with Gasteiger partial charge in [-0.15, -0.1) is 10.2 Å². The number of carbonyl (C=O) groups excluding carboxylic acids is 1. The second-order valence-electron chi connectivity index (χ2n) is 4.87. The van der Waals surface area contributed by atoms with Crippen LogP contribution >= 0.6 is 11.8 Å². The van der Waals surface area contributed by atoms with Gasteiger partial charge < -0.3 is 15.7 Å². The molecule has 1 aromatic heterocycles. The number of hydrogen-bond acceptors (Lipinski definition) is 6. The quantitative estimate of drug-likeness (QED) is 0.732. The lowest BCUT2D eigenvalue weighted by Gasteiger charge is -2.26. The Balaban J connectivity index is 1.91. The monoisotopic (exact) mass is 313 g/mol. The van der Waals surface area contributed by atoms with Gasteiger partial charge in [0.15, 0.2) is 5.16 Å². The van der Waals surface area contributed by atoms with E-state index in [1.807, 2.05) is 4.90 Å². The molecule has 0 unspecified atom stereocenters. The van der Waals surface area contributed by atoms with Crippen LogP contribution in [0.4, 0.5) is 5.95 Å². The number of anilines is 1. The molecule has 1 aliphatic heterocycles. The van der Waals surface area contributed by atoms with Crippen molar-refractivity contribution < 1.29 is 14.7 Å². The van der Waals surface area contributed by atoms with E-state index in [-0.39, 0.29) is 17.6 Å². The average molecular weight is 313 g/mol. The van der Waals surface area contributed by atoms with Crippen LogP contribution in [-0.2, 0) is 16.1 Å². The molecule has 0 saturated carbocycles. The summed E-state index contributed by atoms with van der Waals surface area (Å²) in [7, 11) is 0. The lowest BCUT2D eigenvalue weighted by atomic mass is 10.1. The van der Waals surface area contributed by atoms with Crippen molar-refractivity contribution in [1.82, 2.24) is 19.7 Å². The number of nitrogens with two attached hydrogens (primary N) is 1. The summed E-state index contributed by atoms with van der Waals surface area (Å²) in [5.74, 6) is -0.748. The molecule has 1 saturated heterocycles. The van der Waals surface area contributed by atoms with E-state index in [4.69, 9.17) is 10.8 Å². The first-order chi connectivity index (χ1) is 10.1. The van der Waals surface area contributed by atoms with Crippen molar-refractivity contribution in [2.24, 2.45) is 0 Å². The van der Waals surface area contributed by atoms with E-state index in [0.717, 1.165) is 37.7 Å². The molecule has 1 aromatic rings. The fourth-order valence-electron chi connectivity index (χ4n) is 2.25. The molecule has 1 amide bonds. The van der Waals surface area contributed by atoms with Crippen molar-refractivity contribution >= 4 is 29.6 Å². The number of amides is 1. The van der Waals surface area contributed by atoms with Gasteiger partial charge in [0.2, 0.25) is 11.9 Å². The number of aliphatic carboxylic acids is 1. The highest BCUT2D eigenvalue weighted by atomic mass is 32.2. The third-order valence-corrected chi connectivity index (χ3v) is 4.28. The second kappa shape index (κ2) is 7.30. The predicted octanol–water partition coefficient (Wildman–Crippen LogP) is 0.440. The topological polar surface area (TPSA) is 114 Å². The van der Waals surface area contributed by atoms with Crippen molar-refractivity contribution in [2.45, 2.75) is 37.4 Å². The summed E-state index contributed by atoms with van der Waals surface area (Å²) in [5, 5.41) is 16.7. The van der Waals surface area contributed by atoms with Gasteiger partial charge in [-0.1, -0.05) is 11.8 Å². The zero-order valence-corrected chi connectivity index (χ0v) is 12.5. The van der Waals surface area contributed by atoms with E-state index in [1.165, 1.54) is 6.42 Å². The number of nitrogens with zero attached hydrogens (tertiary/aromatic N) is 4. The normalized spacial score (nSPS) is 15.1. The number of carboxylic acids is 1. The number of likely N-dealkylation sites (tertiary alicyclic amines) is 1. The van der Waals surface area contributed by atoms with E-state index in [1.54, 1.807) is 4.57 Å². The SMILES string of the molecule is Nc1nnc(SCC(=O)O)n1CCC(=O)N1CCCCC1. The molecule has 0 bridgehead atoms. The highest BCUT2D eigenvalue weighted by Gasteiger charge is 2.18. The van der Waals surface area contributed by atoms with Gasteiger partial charge in [-0.25, -0.2) is 0 Å². The van der Waals surface area contributed by atoms with Gasteiger partial charge >= 0.3 is 5.97 Å². The molecule has 21 heavy (non-hydrogen) atoms. The molecule has 2 heterocycles. The summed E-state index contributed by atoms with van der Waals surface area (Å²) < 4.78 is 1.59. The molecule has 9 heteroatoms. The fraction of sp³-hybridized carbons (Fsp3) is 0.667. The summed E-state index contributed by atoms with van der Waals surface area (Å²) in [6.07, 6.45) is 3.61. The molecule has 8 nitrogen and oxygen atoms in total. The predicted molar refractivity (Wildman–Crippen MR) is 77.8 cm³/mol. The van der Waals surface area contributed by atoms with Gasteiger partial charge in [-0.2, -0.15) is 0 Å². The van der Waals surface area contributed by atoms with Crippen LogP contribution in [0.1, 0.15) is 25.7 Å². The van der Waals surface area contributed by atoms with E-state index >= 15 is 0 Å². The van der Waals surface area contributed by atoms with Crippen molar-refractivity contribution in [3.63, 3.8) is 0 Å². The Bertz CT molecular complexity index is 513. The van der Waals surface area contributed by atoms with Crippen molar-refractivity contribution in [3.05, 3.63) is 0 Å². The lowest BCUT2D eigenvalue weighted by molar-refractivity contribution is -0.134. The number of carboxylic acid groups (broad SMARTS) is 1. The Morgan fingerprint density at radius 1 is 1.24 bits per heavy atom. The average Bonchev–Trinajstić information content (AvgIpc) is 2.84. The highest BCUT2D eigenvalue weighted by Crippen LogP contribution is 2.19. The van der Waals surface area contributed by atoms with Gasteiger partial charge in [0, 0.05) is 26.1 Å². The van der Waals surface area contributed by atoms with Crippen molar-refractivity contribution in [1.29, 1.82) is 0 Å². The number of rotatable bonds is 6. The Hall–Kier alpha value is -1.77. The second-order valence-corrected chi connectivity index (χ2v) is 5.81. The van der Waals surface area contributed by atoms with E-state index in [0.29, 0.717) is 18.1 Å². The summed E-state index contributed by atoms with van der Waals surface area (Å²) >= 11 is 1.05. The van der Waals surface area contributed by atoms with Crippen LogP contribution in [-0.4, -0.2) is 55.5 Å². The highest BCUT2D eigenvalue weighted by molar-refractivity contribution is 7.99. The molecule has 3 N–H and O–H groups in total. The number of piperidine rings is 1. The third-order valence-electron chi connectivity index (χ3n) is 3.33. The number of nitrogen functional groups attached to an aromatic ring is 1. The van der Waals surface area contributed by atoms with Crippen LogP contribution in [0.15, 0.2) is 5.16 Å². The minimum atomic E-state index is -0.933. The standard InChI is InChI=1S/C12H19N5O3S/c13-11-14-15-12(21-8-10(19)20)17(11)7-4-9(18)16-5-2-1-3-6-16/h1-8H2,(H2,13,14)(H,19,20). The maximum Gasteiger partial charge on any atom is 0.313 e. The van der Waals surface area contributed by atoms with Crippen molar-refractivity contribution in [2.75, 3.05) is 24.6 Å². The van der Waals surface area contributed by atoms with E-state index in [9.17, 15) is 9.59 Å². The molecule has 0 aliphatic carbocycles. The number of thioether (sulfide) groups is 1. The van der Waals surface area contributed by atoms with Crippen LogP contribution < -0.4 is 5.73 Å². The molecule has 0 aromatic carbocycles. The van der Waals surface area contributed by atoms with Gasteiger partial charge in [-0.05, 0) is 19.3 Å². The third kappa shape index (κ3) is 4.35. The summed E-state index contributed by atoms with van der Waals surface area (Å²) in [5.41, 5.74) is 5.72. The smallest absolute Gasteiger partial charge is 0.313 e. The van der Waals surface area contributed by atoms with Crippen LogP contribution in [0.5, 0.6) is 0 Å². The molecule has 2 rings (SSSR count). The summed E-state index contributed by atoms with van der Waals surface area (Å²) in [6, 6.07) is 0. The Labute approximate surface area is 126 Å². The Kier molecular flexibility index (Phi) is 5.43. The Morgan fingerprint density at radius 2 is 1.95 bits per heavy atom. The van der Waals surface area contributed by atoms with Crippen LogP contribution in [0.2, 0.25) is 0 Å².